The van der Waals surface area contributed by atoms with Crippen LogP contribution in [0.15, 0.2) is 0 Å². The third kappa shape index (κ3) is 5.79. The van der Waals surface area contributed by atoms with E-state index in [1.165, 1.54) is 0 Å². The van der Waals surface area contributed by atoms with E-state index >= 15 is 0 Å². The molecule has 1 saturated heterocycles. The summed E-state index contributed by atoms with van der Waals surface area (Å²) in [6, 6.07) is 0. The van der Waals surface area contributed by atoms with Crippen LogP contribution in [-0.4, -0.2) is 51.2 Å². The van der Waals surface area contributed by atoms with Gasteiger partial charge in [-0.2, -0.15) is 0 Å². The molecule has 106 valence electrons. The summed E-state index contributed by atoms with van der Waals surface area (Å²) in [4.78, 5) is 13.5. The summed E-state index contributed by atoms with van der Waals surface area (Å²) < 4.78 is 25.5. The average molecular weight is 277 g/mol. The Morgan fingerprint density at radius 3 is 2.50 bits per heavy atom. The van der Waals surface area contributed by atoms with Crippen LogP contribution in [0.4, 0.5) is 0 Å². The normalized spacial score (nSPS) is 16.2. The smallest absolute Gasteiger partial charge is 0.223 e. The van der Waals surface area contributed by atoms with Crippen LogP contribution in [-0.2, 0) is 14.8 Å². The number of hydrogen-bond donors (Lipinski definition) is 2. The maximum absolute atomic E-state index is 11.7. The summed E-state index contributed by atoms with van der Waals surface area (Å²) in [6.45, 7) is 2.31. The van der Waals surface area contributed by atoms with Crippen LogP contribution >= 0.6 is 0 Å². The number of rotatable bonds is 8. The first-order valence-electron chi connectivity index (χ1n) is 6.50. The van der Waals surface area contributed by atoms with Crippen LogP contribution < -0.4 is 10.5 Å². The highest BCUT2D eigenvalue weighted by molar-refractivity contribution is 7.89. The predicted octanol–water partition coefficient (Wildman–Crippen LogP) is -0.343. The molecule has 1 aliphatic rings. The Labute approximate surface area is 109 Å². The molecule has 1 aliphatic heterocycles. The minimum absolute atomic E-state index is 0.0390. The SMILES string of the molecule is NCCCCS(=O)(=O)NCCC(=O)N1CCCC1. The summed E-state index contributed by atoms with van der Waals surface area (Å²) in [5, 5.41) is 0. The summed E-state index contributed by atoms with van der Waals surface area (Å²) in [6.07, 6.45) is 3.61. The number of sulfonamides is 1. The molecular weight excluding hydrogens is 254 g/mol. The monoisotopic (exact) mass is 277 g/mol. The van der Waals surface area contributed by atoms with Gasteiger partial charge in [-0.1, -0.05) is 0 Å². The number of nitrogens with zero attached hydrogens (tertiary/aromatic N) is 1. The van der Waals surface area contributed by atoms with Crippen LogP contribution in [0, 0.1) is 0 Å². The number of hydrogen-bond acceptors (Lipinski definition) is 4. The van der Waals surface area contributed by atoms with Gasteiger partial charge in [-0.3, -0.25) is 4.79 Å². The van der Waals surface area contributed by atoms with E-state index in [0.29, 0.717) is 19.4 Å². The highest BCUT2D eigenvalue weighted by Gasteiger charge is 2.18. The fourth-order valence-corrected chi connectivity index (χ4v) is 3.09. The Bertz CT molecular complexity index is 351. The maximum Gasteiger partial charge on any atom is 0.223 e. The average Bonchev–Trinajstić information content (AvgIpc) is 2.82. The molecule has 3 N–H and O–H groups in total. The standard InChI is InChI=1S/C11H23N3O3S/c12-6-1-4-10-18(16,17)13-7-5-11(15)14-8-2-3-9-14/h13H,1-10,12H2. The first-order valence-corrected chi connectivity index (χ1v) is 8.15. The Balaban J connectivity index is 2.17. The van der Waals surface area contributed by atoms with Gasteiger partial charge in [-0.15, -0.1) is 0 Å². The topological polar surface area (TPSA) is 92.5 Å². The Hall–Kier alpha value is -0.660. The predicted molar refractivity (Wildman–Crippen MR) is 70.5 cm³/mol. The van der Waals surface area contributed by atoms with Crippen molar-refractivity contribution in [3.05, 3.63) is 0 Å². The number of unbranched alkanes of at least 4 members (excludes halogenated alkanes) is 1. The molecule has 0 aromatic carbocycles. The third-order valence-corrected chi connectivity index (χ3v) is 4.46. The number of nitrogens with two attached hydrogens (primary N) is 1. The van der Waals surface area contributed by atoms with Crippen molar-refractivity contribution in [2.24, 2.45) is 5.73 Å². The molecule has 0 radical (unpaired) electrons. The maximum atomic E-state index is 11.7. The van der Waals surface area contributed by atoms with Gasteiger partial charge in [0.15, 0.2) is 0 Å². The summed E-state index contributed by atoms with van der Waals surface area (Å²) in [5.74, 6) is 0.124. The third-order valence-electron chi connectivity index (χ3n) is 2.99. The van der Waals surface area contributed by atoms with E-state index in [1.54, 1.807) is 4.90 Å². The quantitative estimate of drug-likeness (QED) is 0.594. The van der Waals surface area contributed by atoms with E-state index in [4.69, 9.17) is 5.73 Å². The van der Waals surface area contributed by atoms with Crippen LogP contribution in [0.2, 0.25) is 0 Å². The van der Waals surface area contributed by atoms with E-state index in [-0.39, 0.29) is 24.6 Å². The second-order valence-electron chi connectivity index (χ2n) is 4.55. The lowest BCUT2D eigenvalue weighted by atomic mass is 10.3. The number of carbonyl (C=O) groups excluding carboxylic acids is 1. The molecule has 18 heavy (non-hydrogen) atoms. The lowest BCUT2D eigenvalue weighted by molar-refractivity contribution is -0.129. The van der Waals surface area contributed by atoms with Crippen molar-refractivity contribution in [1.29, 1.82) is 0 Å². The van der Waals surface area contributed by atoms with E-state index in [9.17, 15) is 13.2 Å². The minimum Gasteiger partial charge on any atom is -0.343 e. The highest BCUT2D eigenvalue weighted by atomic mass is 32.2. The van der Waals surface area contributed by atoms with Crippen LogP contribution in [0.25, 0.3) is 0 Å². The van der Waals surface area contributed by atoms with Gasteiger partial charge in [-0.25, -0.2) is 13.1 Å². The Morgan fingerprint density at radius 2 is 1.89 bits per heavy atom. The molecule has 0 aliphatic carbocycles. The number of nitrogens with one attached hydrogen (secondary N) is 1. The van der Waals surface area contributed by atoms with Crippen LogP contribution in [0.3, 0.4) is 0 Å². The lowest BCUT2D eigenvalue weighted by Gasteiger charge is -2.15. The first kappa shape index (κ1) is 15.4. The van der Waals surface area contributed by atoms with E-state index in [2.05, 4.69) is 4.72 Å². The Morgan fingerprint density at radius 1 is 1.22 bits per heavy atom. The van der Waals surface area contributed by atoms with Crippen molar-refractivity contribution in [1.82, 2.24) is 9.62 Å². The molecule has 6 nitrogen and oxygen atoms in total. The molecule has 0 aromatic rings. The van der Waals surface area contributed by atoms with Crippen molar-refractivity contribution in [2.45, 2.75) is 32.1 Å². The van der Waals surface area contributed by atoms with Gasteiger partial charge in [0.2, 0.25) is 15.9 Å². The molecule has 0 aromatic heterocycles. The van der Waals surface area contributed by atoms with Gasteiger partial charge in [0.05, 0.1) is 5.75 Å². The molecule has 0 unspecified atom stereocenters. The van der Waals surface area contributed by atoms with Crippen LogP contribution in [0.1, 0.15) is 32.1 Å². The summed E-state index contributed by atoms with van der Waals surface area (Å²) in [7, 11) is -3.25. The van der Waals surface area contributed by atoms with Gasteiger partial charge in [0, 0.05) is 26.1 Å². The molecule has 1 fully saturated rings. The largest absolute Gasteiger partial charge is 0.343 e. The van der Waals surface area contributed by atoms with Crippen molar-refractivity contribution in [3.8, 4) is 0 Å². The number of likely N-dealkylation sites (tertiary alicyclic amines) is 1. The van der Waals surface area contributed by atoms with Gasteiger partial charge >= 0.3 is 0 Å². The van der Waals surface area contributed by atoms with Gasteiger partial charge in [-0.05, 0) is 32.2 Å². The highest BCUT2D eigenvalue weighted by Crippen LogP contribution is 2.08. The molecule has 0 saturated carbocycles. The molecule has 1 heterocycles. The van der Waals surface area contributed by atoms with E-state index < -0.39 is 10.0 Å². The molecule has 0 atom stereocenters. The van der Waals surface area contributed by atoms with E-state index in [0.717, 1.165) is 25.9 Å². The summed E-state index contributed by atoms with van der Waals surface area (Å²) >= 11 is 0. The lowest BCUT2D eigenvalue weighted by Crippen LogP contribution is -2.33. The first-order chi connectivity index (χ1) is 8.55. The molecule has 7 heteroatoms. The van der Waals surface area contributed by atoms with Crippen molar-refractivity contribution in [3.63, 3.8) is 0 Å². The van der Waals surface area contributed by atoms with Crippen molar-refractivity contribution >= 4 is 15.9 Å². The zero-order chi connectivity index (χ0) is 13.4. The fourth-order valence-electron chi connectivity index (χ4n) is 1.95. The molecule has 0 spiro atoms. The second-order valence-corrected chi connectivity index (χ2v) is 6.47. The van der Waals surface area contributed by atoms with Gasteiger partial charge in [0.1, 0.15) is 0 Å². The molecule has 1 amide bonds. The number of amides is 1. The van der Waals surface area contributed by atoms with Gasteiger partial charge in [0.25, 0.3) is 0 Å². The van der Waals surface area contributed by atoms with E-state index in [1.807, 2.05) is 0 Å². The zero-order valence-electron chi connectivity index (χ0n) is 10.7. The second kappa shape index (κ2) is 7.70. The molecule has 0 bridgehead atoms. The van der Waals surface area contributed by atoms with Crippen LogP contribution in [0.5, 0.6) is 0 Å². The fraction of sp³-hybridized carbons (Fsp3) is 0.909. The Kier molecular flexibility index (Phi) is 6.59. The zero-order valence-corrected chi connectivity index (χ0v) is 11.5. The van der Waals surface area contributed by atoms with Gasteiger partial charge < -0.3 is 10.6 Å². The summed E-state index contributed by atoms with van der Waals surface area (Å²) in [5.41, 5.74) is 5.30. The minimum atomic E-state index is -3.25. The van der Waals surface area contributed by atoms with Crippen molar-refractivity contribution < 1.29 is 13.2 Å². The number of carbonyl (C=O) groups is 1. The molecule has 1 rings (SSSR count). The van der Waals surface area contributed by atoms with Crippen molar-refractivity contribution in [2.75, 3.05) is 31.9 Å². The molecular formula is C11H23N3O3S.